The molecule has 1 fully saturated rings. The molecule has 1 heterocycles. The second-order valence-electron chi connectivity index (χ2n) is 7.58. The van der Waals surface area contributed by atoms with Crippen molar-refractivity contribution in [1.29, 1.82) is 0 Å². The van der Waals surface area contributed by atoms with E-state index in [1.165, 1.54) is 4.88 Å². The van der Waals surface area contributed by atoms with Crippen molar-refractivity contribution in [2.24, 2.45) is 11.8 Å². The van der Waals surface area contributed by atoms with Crippen molar-refractivity contribution in [2.45, 2.75) is 63.3 Å². The molecule has 1 aliphatic carbocycles. The van der Waals surface area contributed by atoms with E-state index in [4.69, 9.17) is 0 Å². The minimum absolute atomic E-state index is 0.0446. The molecular formula is C22H32BrNO4S. The van der Waals surface area contributed by atoms with Gasteiger partial charge >= 0.3 is 0 Å². The van der Waals surface area contributed by atoms with Crippen molar-refractivity contribution < 1.29 is 20.1 Å². The van der Waals surface area contributed by atoms with Crippen molar-refractivity contribution in [1.82, 2.24) is 5.32 Å². The summed E-state index contributed by atoms with van der Waals surface area (Å²) in [6.07, 6.45) is 10.6. The van der Waals surface area contributed by atoms with E-state index >= 15 is 0 Å². The van der Waals surface area contributed by atoms with Crippen LogP contribution in [0.25, 0.3) is 0 Å². The molecule has 0 unspecified atom stereocenters. The molecule has 2 rings (SSSR count). The highest BCUT2D eigenvalue weighted by Gasteiger charge is 2.39. The lowest BCUT2D eigenvalue weighted by molar-refractivity contribution is -0.120. The summed E-state index contributed by atoms with van der Waals surface area (Å²) in [5.41, 5.74) is 0. The summed E-state index contributed by atoms with van der Waals surface area (Å²) in [7, 11) is 1.64. The summed E-state index contributed by atoms with van der Waals surface area (Å²) >= 11 is 5.11. The van der Waals surface area contributed by atoms with Gasteiger partial charge < -0.3 is 20.6 Å². The first-order valence-corrected chi connectivity index (χ1v) is 11.8. The van der Waals surface area contributed by atoms with E-state index in [1.807, 2.05) is 24.3 Å². The van der Waals surface area contributed by atoms with Gasteiger partial charge in [-0.2, -0.15) is 0 Å². The molecule has 1 aromatic rings. The van der Waals surface area contributed by atoms with Gasteiger partial charge in [0.25, 0.3) is 0 Å². The third-order valence-corrected chi connectivity index (χ3v) is 7.10. The Hall–Kier alpha value is -0.990. The summed E-state index contributed by atoms with van der Waals surface area (Å²) in [5, 5.41) is 33.5. The highest BCUT2D eigenvalue weighted by molar-refractivity contribution is 9.11. The molecule has 5 nitrogen and oxygen atoms in total. The van der Waals surface area contributed by atoms with E-state index in [9.17, 15) is 20.1 Å². The molecule has 1 aliphatic rings. The quantitative estimate of drug-likeness (QED) is 0.284. The first kappa shape index (κ1) is 24.3. The number of hydrogen-bond acceptors (Lipinski definition) is 5. The number of nitrogens with one attached hydrogen (secondary N) is 1. The zero-order valence-corrected chi connectivity index (χ0v) is 19.2. The van der Waals surface area contributed by atoms with Crippen molar-refractivity contribution in [3.05, 3.63) is 45.1 Å². The Morgan fingerprint density at radius 1 is 1.34 bits per heavy atom. The lowest BCUT2D eigenvalue weighted by Crippen LogP contribution is -2.20. The number of aryl methyl sites for hydroxylation is 1. The molecule has 0 saturated heterocycles. The van der Waals surface area contributed by atoms with Crippen LogP contribution in [0.2, 0.25) is 0 Å². The Morgan fingerprint density at radius 3 is 2.83 bits per heavy atom. The lowest BCUT2D eigenvalue weighted by Gasteiger charge is -2.19. The SMILES string of the molecule is CNC(=O)CCC/C=C\C[C@@H]1[C@@H](/C=C/[C@@H](O)CCc2ccc(Br)s2)[C@H](O)C[C@@H]1O. The van der Waals surface area contributed by atoms with Crippen LogP contribution in [0.15, 0.2) is 40.2 Å². The predicted molar refractivity (Wildman–Crippen MR) is 121 cm³/mol. The number of halogens is 1. The summed E-state index contributed by atoms with van der Waals surface area (Å²) in [6.45, 7) is 0. The van der Waals surface area contributed by atoms with Crippen LogP contribution in [-0.2, 0) is 11.2 Å². The van der Waals surface area contributed by atoms with Gasteiger partial charge in [0.05, 0.1) is 22.1 Å². The molecule has 1 aromatic heterocycles. The molecule has 7 heteroatoms. The van der Waals surface area contributed by atoms with Crippen LogP contribution in [-0.4, -0.2) is 46.6 Å². The maximum atomic E-state index is 11.2. The third kappa shape index (κ3) is 8.34. The van der Waals surface area contributed by atoms with Crippen LogP contribution in [0.3, 0.4) is 0 Å². The zero-order valence-electron chi connectivity index (χ0n) is 16.8. The topological polar surface area (TPSA) is 89.8 Å². The number of carbonyl (C=O) groups excluding carboxylic acids is 1. The molecule has 0 spiro atoms. The maximum absolute atomic E-state index is 11.2. The van der Waals surface area contributed by atoms with Gasteiger partial charge in [-0.1, -0.05) is 24.3 Å². The van der Waals surface area contributed by atoms with Crippen LogP contribution in [0, 0.1) is 11.8 Å². The minimum Gasteiger partial charge on any atom is -0.393 e. The second kappa shape index (κ2) is 12.6. The number of thiophene rings is 1. The number of rotatable bonds is 11. The van der Waals surface area contributed by atoms with Gasteiger partial charge in [0, 0.05) is 30.7 Å². The number of unbranched alkanes of at least 4 members (excludes halogenated alkanes) is 1. The number of aliphatic hydroxyl groups excluding tert-OH is 3. The van der Waals surface area contributed by atoms with E-state index in [1.54, 1.807) is 24.5 Å². The molecule has 0 radical (unpaired) electrons. The summed E-state index contributed by atoms with van der Waals surface area (Å²) in [4.78, 5) is 12.4. The Morgan fingerprint density at radius 2 is 2.14 bits per heavy atom. The number of hydrogen-bond donors (Lipinski definition) is 4. The van der Waals surface area contributed by atoms with Gasteiger partial charge in [-0.3, -0.25) is 4.79 Å². The minimum atomic E-state index is -0.589. The molecular weight excluding hydrogens is 454 g/mol. The Kier molecular flexibility index (Phi) is 10.6. The Labute approximate surface area is 185 Å². The van der Waals surface area contributed by atoms with Crippen molar-refractivity contribution in [3.63, 3.8) is 0 Å². The highest BCUT2D eigenvalue weighted by atomic mass is 79.9. The largest absolute Gasteiger partial charge is 0.393 e. The molecule has 4 N–H and O–H groups in total. The summed E-state index contributed by atoms with van der Waals surface area (Å²) in [6, 6.07) is 4.06. The Balaban J connectivity index is 1.80. The molecule has 0 aliphatic heterocycles. The summed E-state index contributed by atoms with van der Waals surface area (Å²) < 4.78 is 1.09. The van der Waals surface area contributed by atoms with Crippen molar-refractivity contribution in [2.75, 3.05) is 7.05 Å². The van der Waals surface area contributed by atoms with Gasteiger partial charge in [-0.25, -0.2) is 0 Å². The molecule has 1 saturated carbocycles. The van der Waals surface area contributed by atoms with Gasteiger partial charge in [-0.15, -0.1) is 11.3 Å². The fourth-order valence-electron chi connectivity index (χ4n) is 3.71. The monoisotopic (exact) mass is 485 g/mol. The second-order valence-corrected chi connectivity index (χ2v) is 10.1. The smallest absolute Gasteiger partial charge is 0.219 e. The number of aliphatic hydroxyl groups is 3. The number of carbonyl (C=O) groups is 1. The van der Waals surface area contributed by atoms with Gasteiger partial charge in [0.15, 0.2) is 0 Å². The average Bonchev–Trinajstić information content (AvgIpc) is 3.23. The van der Waals surface area contributed by atoms with E-state index in [0.717, 1.165) is 23.0 Å². The zero-order chi connectivity index (χ0) is 21.2. The fraction of sp³-hybridized carbons (Fsp3) is 0.591. The maximum Gasteiger partial charge on any atom is 0.219 e. The van der Waals surface area contributed by atoms with E-state index in [-0.39, 0.29) is 17.7 Å². The molecule has 5 atom stereocenters. The van der Waals surface area contributed by atoms with E-state index < -0.39 is 18.3 Å². The van der Waals surface area contributed by atoms with Gasteiger partial charge in [0.2, 0.25) is 5.91 Å². The van der Waals surface area contributed by atoms with Crippen LogP contribution in [0.1, 0.15) is 43.4 Å². The first-order chi connectivity index (χ1) is 13.9. The van der Waals surface area contributed by atoms with Gasteiger partial charge in [-0.05, 0) is 66.1 Å². The number of amides is 1. The normalized spacial score (nSPS) is 25.8. The fourth-order valence-corrected chi connectivity index (χ4v) is 5.21. The molecule has 0 aromatic carbocycles. The summed E-state index contributed by atoms with van der Waals surface area (Å²) in [5.74, 6) is -0.175. The van der Waals surface area contributed by atoms with Gasteiger partial charge in [0.1, 0.15) is 0 Å². The third-order valence-electron chi connectivity index (χ3n) is 5.42. The average molecular weight is 486 g/mol. The van der Waals surface area contributed by atoms with E-state index in [0.29, 0.717) is 25.7 Å². The molecule has 29 heavy (non-hydrogen) atoms. The first-order valence-electron chi connectivity index (χ1n) is 10.2. The molecule has 0 bridgehead atoms. The molecule has 1 amide bonds. The van der Waals surface area contributed by atoms with Crippen molar-refractivity contribution >= 4 is 33.2 Å². The highest BCUT2D eigenvalue weighted by Crippen LogP contribution is 2.36. The van der Waals surface area contributed by atoms with E-state index in [2.05, 4.69) is 27.3 Å². The lowest BCUT2D eigenvalue weighted by atomic mass is 9.89. The Bertz CT molecular complexity index is 690. The number of allylic oxidation sites excluding steroid dienone is 2. The van der Waals surface area contributed by atoms with Crippen LogP contribution < -0.4 is 5.32 Å². The molecule has 162 valence electrons. The van der Waals surface area contributed by atoms with Crippen LogP contribution >= 0.6 is 27.3 Å². The van der Waals surface area contributed by atoms with Crippen LogP contribution in [0.5, 0.6) is 0 Å². The predicted octanol–water partition coefficient (Wildman–Crippen LogP) is 3.58. The standard InChI is InChI=1S/C22H32BrNO4S/c1-24-22(28)7-5-3-2-4-6-17-18(20(27)14-19(17)26)12-9-15(25)8-10-16-11-13-21(23)29-16/h2,4,9,11-13,15,17-20,25-27H,3,5-8,10,14H2,1H3,(H,24,28)/b4-2-,12-9+/t15-,17+,18+,19-,20+/m0/s1. The van der Waals surface area contributed by atoms with Crippen molar-refractivity contribution in [3.8, 4) is 0 Å². The van der Waals surface area contributed by atoms with Crippen LogP contribution in [0.4, 0.5) is 0 Å².